The summed E-state index contributed by atoms with van der Waals surface area (Å²) >= 11 is 1.73. The first kappa shape index (κ1) is 17.7. The monoisotopic (exact) mass is 375 g/mol. The van der Waals surface area contributed by atoms with E-state index in [-0.39, 0.29) is 5.91 Å². The SMILES string of the molecule is Cc1cc(NC(=O)c2cc(C3CC3NCC3CCOCC3)sc2C)no1. The van der Waals surface area contributed by atoms with Gasteiger partial charge >= 0.3 is 0 Å². The maximum Gasteiger partial charge on any atom is 0.258 e. The lowest BCUT2D eigenvalue weighted by molar-refractivity contribution is 0.0662. The molecule has 1 saturated heterocycles. The van der Waals surface area contributed by atoms with Crippen LogP contribution in [-0.4, -0.2) is 36.9 Å². The van der Waals surface area contributed by atoms with Crippen molar-refractivity contribution in [1.82, 2.24) is 10.5 Å². The molecule has 1 aliphatic heterocycles. The van der Waals surface area contributed by atoms with E-state index >= 15 is 0 Å². The average Bonchev–Trinajstić information content (AvgIpc) is 3.14. The van der Waals surface area contributed by atoms with Gasteiger partial charge in [-0.2, -0.15) is 0 Å². The molecule has 2 aromatic heterocycles. The molecule has 2 unspecified atom stereocenters. The molecule has 3 heterocycles. The van der Waals surface area contributed by atoms with Crippen molar-refractivity contribution in [2.75, 3.05) is 25.1 Å². The minimum Gasteiger partial charge on any atom is -0.381 e. The Morgan fingerprint density at radius 1 is 1.31 bits per heavy atom. The number of aryl methyl sites for hydroxylation is 2. The molecule has 2 fully saturated rings. The van der Waals surface area contributed by atoms with Crippen molar-refractivity contribution in [3.05, 3.63) is 33.2 Å². The third-order valence-corrected chi connectivity index (χ3v) is 6.40. The van der Waals surface area contributed by atoms with Gasteiger partial charge in [-0.3, -0.25) is 4.79 Å². The van der Waals surface area contributed by atoms with Gasteiger partial charge in [0.15, 0.2) is 5.82 Å². The van der Waals surface area contributed by atoms with Crippen molar-refractivity contribution in [1.29, 1.82) is 0 Å². The highest BCUT2D eigenvalue weighted by atomic mass is 32.1. The summed E-state index contributed by atoms with van der Waals surface area (Å²) in [5, 5.41) is 10.3. The summed E-state index contributed by atoms with van der Waals surface area (Å²) in [6, 6.07) is 4.31. The first-order valence-electron chi connectivity index (χ1n) is 9.26. The Morgan fingerprint density at radius 2 is 2.12 bits per heavy atom. The lowest BCUT2D eigenvalue weighted by atomic mass is 10.0. The molecule has 0 radical (unpaired) electrons. The molecule has 1 saturated carbocycles. The van der Waals surface area contributed by atoms with E-state index in [1.54, 1.807) is 24.3 Å². The average molecular weight is 375 g/mol. The van der Waals surface area contributed by atoms with E-state index < -0.39 is 0 Å². The van der Waals surface area contributed by atoms with Crippen LogP contribution in [0.1, 0.15) is 51.1 Å². The molecule has 7 heteroatoms. The summed E-state index contributed by atoms with van der Waals surface area (Å²) in [5.74, 6) is 2.30. The third kappa shape index (κ3) is 4.00. The molecule has 1 aliphatic carbocycles. The van der Waals surface area contributed by atoms with Crippen LogP contribution in [0.4, 0.5) is 5.82 Å². The third-order valence-electron chi connectivity index (χ3n) is 5.22. The van der Waals surface area contributed by atoms with Crippen LogP contribution in [0, 0.1) is 19.8 Å². The van der Waals surface area contributed by atoms with Crippen LogP contribution in [0.3, 0.4) is 0 Å². The number of nitrogens with one attached hydrogen (secondary N) is 2. The van der Waals surface area contributed by atoms with Gasteiger partial charge in [0.2, 0.25) is 0 Å². The topological polar surface area (TPSA) is 76.4 Å². The molecule has 2 aliphatic rings. The molecule has 1 amide bonds. The van der Waals surface area contributed by atoms with Crippen molar-refractivity contribution in [3.8, 4) is 0 Å². The van der Waals surface area contributed by atoms with Crippen LogP contribution in [-0.2, 0) is 4.74 Å². The van der Waals surface area contributed by atoms with Crippen molar-refractivity contribution >= 4 is 23.1 Å². The highest BCUT2D eigenvalue weighted by molar-refractivity contribution is 7.12. The number of hydrogen-bond donors (Lipinski definition) is 2. The lowest BCUT2D eigenvalue weighted by Crippen LogP contribution is -2.29. The summed E-state index contributed by atoms with van der Waals surface area (Å²) < 4.78 is 10.4. The molecule has 4 rings (SSSR count). The highest BCUT2D eigenvalue weighted by Crippen LogP contribution is 2.45. The van der Waals surface area contributed by atoms with E-state index in [1.165, 1.54) is 4.88 Å². The number of amides is 1. The lowest BCUT2D eigenvalue weighted by Gasteiger charge is -2.22. The Hall–Kier alpha value is -1.70. The minimum absolute atomic E-state index is 0.120. The summed E-state index contributed by atoms with van der Waals surface area (Å²) in [4.78, 5) is 14.8. The quantitative estimate of drug-likeness (QED) is 0.808. The standard InChI is InChI=1S/C19H25N3O3S/c1-11-7-18(22-25-11)21-19(23)14-9-17(26-12(14)2)15-8-16(15)20-10-13-3-5-24-6-4-13/h7,9,13,15-16,20H,3-6,8,10H2,1-2H3,(H,21,22,23). The summed E-state index contributed by atoms with van der Waals surface area (Å²) in [6.45, 7) is 6.68. The molecule has 26 heavy (non-hydrogen) atoms. The number of carbonyl (C=O) groups is 1. The normalized spacial score (nSPS) is 23.2. The number of carbonyl (C=O) groups excluding carboxylic acids is 1. The number of anilines is 1. The van der Waals surface area contributed by atoms with Gasteiger partial charge in [-0.25, -0.2) is 0 Å². The summed E-state index contributed by atoms with van der Waals surface area (Å²) in [5.41, 5.74) is 0.737. The minimum atomic E-state index is -0.120. The number of hydrogen-bond acceptors (Lipinski definition) is 6. The fraction of sp³-hybridized carbons (Fsp3) is 0.579. The van der Waals surface area contributed by atoms with Crippen LogP contribution >= 0.6 is 11.3 Å². The smallest absolute Gasteiger partial charge is 0.258 e. The van der Waals surface area contributed by atoms with Crippen LogP contribution in [0.2, 0.25) is 0 Å². The Bertz CT molecular complexity index is 779. The molecular weight excluding hydrogens is 350 g/mol. The largest absolute Gasteiger partial charge is 0.381 e. The molecule has 0 bridgehead atoms. The summed E-state index contributed by atoms with van der Waals surface area (Å²) in [7, 11) is 0. The second-order valence-corrected chi connectivity index (χ2v) is 8.60. The predicted octanol–water partition coefficient (Wildman–Crippen LogP) is 3.48. The Morgan fingerprint density at radius 3 is 2.85 bits per heavy atom. The van der Waals surface area contributed by atoms with Gasteiger partial charge in [-0.1, -0.05) is 5.16 Å². The zero-order valence-corrected chi connectivity index (χ0v) is 16.0. The second kappa shape index (κ2) is 7.50. The molecule has 2 atom stereocenters. The fourth-order valence-electron chi connectivity index (χ4n) is 3.53. The first-order valence-corrected chi connectivity index (χ1v) is 10.1. The van der Waals surface area contributed by atoms with E-state index in [0.29, 0.717) is 23.5 Å². The first-order chi connectivity index (χ1) is 12.6. The fourth-order valence-corrected chi connectivity index (χ4v) is 4.73. The molecule has 0 spiro atoms. The zero-order valence-electron chi connectivity index (χ0n) is 15.2. The van der Waals surface area contributed by atoms with Crippen molar-refractivity contribution < 1.29 is 14.1 Å². The van der Waals surface area contributed by atoms with Crippen LogP contribution in [0.5, 0.6) is 0 Å². The highest BCUT2D eigenvalue weighted by Gasteiger charge is 2.40. The maximum absolute atomic E-state index is 12.5. The Balaban J connectivity index is 1.32. The second-order valence-electron chi connectivity index (χ2n) is 7.31. The number of thiophene rings is 1. The number of ether oxygens (including phenoxy) is 1. The molecule has 2 N–H and O–H groups in total. The van der Waals surface area contributed by atoms with Gasteiger partial charge in [-0.05, 0) is 51.6 Å². The maximum atomic E-state index is 12.5. The van der Waals surface area contributed by atoms with Gasteiger partial charge < -0.3 is 19.9 Å². The van der Waals surface area contributed by atoms with Gasteiger partial charge in [0, 0.05) is 41.0 Å². The van der Waals surface area contributed by atoms with Crippen molar-refractivity contribution in [3.63, 3.8) is 0 Å². The molecular formula is C19H25N3O3S. The van der Waals surface area contributed by atoms with Gasteiger partial charge in [0.1, 0.15) is 5.76 Å². The van der Waals surface area contributed by atoms with E-state index in [9.17, 15) is 4.79 Å². The predicted molar refractivity (Wildman–Crippen MR) is 101 cm³/mol. The number of rotatable bonds is 6. The van der Waals surface area contributed by atoms with Crippen LogP contribution in [0.25, 0.3) is 0 Å². The molecule has 6 nitrogen and oxygen atoms in total. The van der Waals surface area contributed by atoms with Gasteiger partial charge in [0.25, 0.3) is 5.91 Å². The van der Waals surface area contributed by atoms with Gasteiger partial charge in [-0.15, -0.1) is 11.3 Å². The van der Waals surface area contributed by atoms with Crippen LogP contribution < -0.4 is 10.6 Å². The molecule has 140 valence electrons. The van der Waals surface area contributed by atoms with Crippen molar-refractivity contribution in [2.45, 2.75) is 45.1 Å². The number of aromatic nitrogens is 1. The van der Waals surface area contributed by atoms with E-state index in [0.717, 1.165) is 55.4 Å². The molecule has 2 aromatic rings. The Kier molecular flexibility index (Phi) is 5.11. The van der Waals surface area contributed by atoms with E-state index in [4.69, 9.17) is 9.26 Å². The summed E-state index contributed by atoms with van der Waals surface area (Å²) in [6.07, 6.45) is 3.48. The molecule has 0 aromatic carbocycles. The van der Waals surface area contributed by atoms with E-state index in [1.807, 2.05) is 13.0 Å². The van der Waals surface area contributed by atoms with Crippen molar-refractivity contribution in [2.24, 2.45) is 5.92 Å². The number of nitrogens with zero attached hydrogens (tertiary/aromatic N) is 1. The zero-order chi connectivity index (χ0) is 18.1. The van der Waals surface area contributed by atoms with E-state index in [2.05, 4.69) is 15.8 Å². The van der Waals surface area contributed by atoms with Gasteiger partial charge in [0.05, 0.1) is 5.56 Å². The Labute approximate surface area is 157 Å². The van der Waals surface area contributed by atoms with Crippen LogP contribution in [0.15, 0.2) is 16.7 Å².